The van der Waals surface area contributed by atoms with Crippen molar-refractivity contribution in [3.63, 3.8) is 0 Å². The van der Waals surface area contributed by atoms with Crippen molar-refractivity contribution in [1.82, 2.24) is 10.6 Å². The molecule has 0 spiro atoms. The predicted molar refractivity (Wildman–Crippen MR) is 90.3 cm³/mol. The molecular formula is C12H16Cl2IN3. The molecule has 6 heteroatoms. The van der Waals surface area contributed by atoms with Crippen LogP contribution in [0.5, 0.6) is 0 Å². The van der Waals surface area contributed by atoms with Gasteiger partial charge in [-0.15, -0.1) is 30.6 Å². The molecule has 0 aliphatic heterocycles. The Morgan fingerprint density at radius 3 is 2.67 bits per heavy atom. The number of aliphatic imine (C=N–C) groups is 1. The molecule has 18 heavy (non-hydrogen) atoms. The Kier molecular flexibility index (Phi) is 9.23. The first-order valence-electron chi connectivity index (χ1n) is 5.16. The van der Waals surface area contributed by atoms with Gasteiger partial charge in [-0.1, -0.05) is 35.3 Å². The van der Waals surface area contributed by atoms with Crippen LogP contribution in [0, 0.1) is 0 Å². The Morgan fingerprint density at radius 2 is 2.11 bits per heavy atom. The first kappa shape index (κ1) is 17.5. The minimum Gasteiger partial charge on any atom is -0.353 e. The lowest BCUT2D eigenvalue weighted by molar-refractivity contribution is 0.847. The zero-order chi connectivity index (χ0) is 12.7. The van der Waals surface area contributed by atoms with Gasteiger partial charge in [0.1, 0.15) is 0 Å². The smallest absolute Gasteiger partial charge is 0.191 e. The molecule has 0 aliphatic carbocycles. The number of hydrogen-bond donors (Lipinski definition) is 2. The van der Waals surface area contributed by atoms with E-state index >= 15 is 0 Å². The van der Waals surface area contributed by atoms with Gasteiger partial charge in [0.2, 0.25) is 0 Å². The van der Waals surface area contributed by atoms with E-state index in [0.29, 0.717) is 29.1 Å². The number of hydrogen-bond acceptors (Lipinski definition) is 1. The van der Waals surface area contributed by atoms with Gasteiger partial charge >= 0.3 is 0 Å². The van der Waals surface area contributed by atoms with E-state index in [4.69, 9.17) is 23.2 Å². The zero-order valence-electron chi connectivity index (χ0n) is 10.0. The predicted octanol–water partition coefficient (Wildman–Crippen LogP) is 3.46. The van der Waals surface area contributed by atoms with Crippen LogP contribution >= 0.6 is 47.2 Å². The molecule has 0 fully saturated rings. The van der Waals surface area contributed by atoms with Crippen molar-refractivity contribution in [2.45, 2.75) is 6.54 Å². The van der Waals surface area contributed by atoms with Crippen LogP contribution in [-0.4, -0.2) is 19.6 Å². The maximum atomic E-state index is 6.06. The average molecular weight is 400 g/mol. The third kappa shape index (κ3) is 5.93. The highest BCUT2D eigenvalue weighted by atomic mass is 127. The standard InChI is InChI=1S/C12H15Cl2N3.HI/c1-3-6-16-12(15-2)17-8-9-4-5-10(13)7-11(9)14;/h3-5,7H,1,6,8H2,2H3,(H2,15,16,17);1H. The number of nitrogens with zero attached hydrogens (tertiary/aromatic N) is 1. The van der Waals surface area contributed by atoms with E-state index in [2.05, 4.69) is 22.2 Å². The van der Waals surface area contributed by atoms with Crippen LogP contribution in [0.15, 0.2) is 35.8 Å². The van der Waals surface area contributed by atoms with Gasteiger partial charge in [0, 0.05) is 30.2 Å². The second kappa shape index (κ2) is 9.47. The maximum Gasteiger partial charge on any atom is 0.191 e. The molecule has 1 aromatic carbocycles. The third-order valence-electron chi connectivity index (χ3n) is 2.10. The number of halogens is 3. The summed E-state index contributed by atoms with van der Waals surface area (Å²) >= 11 is 11.9. The van der Waals surface area contributed by atoms with Gasteiger partial charge in [0.25, 0.3) is 0 Å². The molecule has 0 atom stereocenters. The van der Waals surface area contributed by atoms with E-state index in [0.717, 1.165) is 5.56 Å². The van der Waals surface area contributed by atoms with Crippen LogP contribution in [0.2, 0.25) is 10.0 Å². The van der Waals surface area contributed by atoms with Crippen molar-refractivity contribution in [3.8, 4) is 0 Å². The minimum atomic E-state index is 0. The van der Waals surface area contributed by atoms with Crippen LogP contribution in [0.4, 0.5) is 0 Å². The summed E-state index contributed by atoms with van der Waals surface area (Å²) < 4.78 is 0. The fraction of sp³-hybridized carbons (Fsp3) is 0.250. The van der Waals surface area contributed by atoms with Gasteiger partial charge < -0.3 is 10.6 Å². The molecule has 0 bridgehead atoms. The molecule has 0 heterocycles. The summed E-state index contributed by atoms with van der Waals surface area (Å²) in [5, 5.41) is 7.49. The quantitative estimate of drug-likeness (QED) is 0.352. The van der Waals surface area contributed by atoms with E-state index in [-0.39, 0.29) is 24.0 Å². The number of rotatable bonds is 4. The van der Waals surface area contributed by atoms with E-state index in [1.807, 2.05) is 12.1 Å². The van der Waals surface area contributed by atoms with E-state index in [9.17, 15) is 0 Å². The second-order valence-electron chi connectivity index (χ2n) is 3.33. The van der Waals surface area contributed by atoms with Crippen LogP contribution in [0.3, 0.4) is 0 Å². The van der Waals surface area contributed by atoms with Crippen molar-refractivity contribution in [2.24, 2.45) is 4.99 Å². The Bertz CT molecular complexity index is 422. The van der Waals surface area contributed by atoms with E-state index in [1.165, 1.54) is 0 Å². The zero-order valence-corrected chi connectivity index (χ0v) is 13.9. The van der Waals surface area contributed by atoms with Crippen molar-refractivity contribution in [2.75, 3.05) is 13.6 Å². The third-order valence-corrected chi connectivity index (χ3v) is 2.69. The Morgan fingerprint density at radius 1 is 1.39 bits per heavy atom. The molecule has 1 rings (SSSR count). The molecule has 1 aromatic rings. The fourth-order valence-corrected chi connectivity index (χ4v) is 1.71. The van der Waals surface area contributed by atoms with Gasteiger partial charge in [-0.25, -0.2) is 0 Å². The molecule has 0 aromatic heterocycles. The van der Waals surface area contributed by atoms with Gasteiger partial charge in [0.15, 0.2) is 5.96 Å². The Balaban J connectivity index is 0.00000289. The summed E-state index contributed by atoms with van der Waals surface area (Å²) in [5.41, 5.74) is 0.970. The molecule has 2 N–H and O–H groups in total. The normalized spacial score (nSPS) is 10.5. The highest BCUT2D eigenvalue weighted by Crippen LogP contribution is 2.20. The SMILES string of the molecule is C=CCNC(=NC)NCc1ccc(Cl)cc1Cl.I. The summed E-state index contributed by atoms with van der Waals surface area (Å²) in [6, 6.07) is 5.42. The maximum absolute atomic E-state index is 6.06. The second-order valence-corrected chi connectivity index (χ2v) is 4.17. The Labute approximate surface area is 135 Å². The molecule has 0 saturated carbocycles. The summed E-state index contributed by atoms with van der Waals surface area (Å²) in [4.78, 5) is 4.07. The van der Waals surface area contributed by atoms with Gasteiger partial charge in [-0.2, -0.15) is 0 Å². The number of nitrogens with one attached hydrogen (secondary N) is 2. The number of guanidine groups is 1. The van der Waals surface area contributed by atoms with Crippen molar-refractivity contribution >= 4 is 53.1 Å². The monoisotopic (exact) mass is 399 g/mol. The highest BCUT2D eigenvalue weighted by Gasteiger charge is 2.02. The molecule has 0 saturated heterocycles. The van der Waals surface area contributed by atoms with E-state index < -0.39 is 0 Å². The van der Waals surface area contributed by atoms with Gasteiger partial charge in [-0.3, -0.25) is 4.99 Å². The first-order valence-corrected chi connectivity index (χ1v) is 5.92. The first-order chi connectivity index (χ1) is 8.17. The van der Waals surface area contributed by atoms with Crippen molar-refractivity contribution in [1.29, 1.82) is 0 Å². The minimum absolute atomic E-state index is 0. The topological polar surface area (TPSA) is 36.4 Å². The molecule has 3 nitrogen and oxygen atoms in total. The molecule has 0 aliphatic rings. The molecule has 100 valence electrons. The Hall–Kier alpha value is -0.460. The van der Waals surface area contributed by atoms with Crippen LogP contribution < -0.4 is 10.6 Å². The van der Waals surface area contributed by atoms with Crippen molar-refractivity contribution < 1.29 is 0 Å². The van der Waals surface area contributed by atoms with Crippen LogP contribution in [0.1, 0.15) is 5.56 Å². The highest BCUT2D eigenvalue weighted by molar-refractivity contribution is 14.0. The van der Waals surface area contributed by atoms with Crippen LogP contribution in [-0.2, 0) is 6.54 Å². The van der Waals surface area contributed by atoms with E-state index in [1.54, 1.807) is 19.2 Å². The lowest BCUT2D eigenvalue weighted by atomic mass is 10.2. The summed E-state index contributed by atoms with van der Waals surface area (Å²) in [7, 11) is 1.71. The van der Waals surface area contributed by atoms with Gasteiger partial charge in [-0.05, 0) is 17.7 Å². The lowest BCUT2D eigenvalue weighted by Gasteiger charge is -2.11. The fourth-order valence-electron chi connectivity index (χ4n) is 1.23. The molecule has 0 unspecified atom stereocenters. The summed E-state index contributed by atoms with van der Waals surface area (Å²) in [6.07, 6.45) is 1.77. The molecular weight excluding hydrogens is 384 g/mol. The largest absolute Gasteiger partial charge is 0.353 e. The lowest BCUT2D eigenvalue weighted by Crippen LogP contribution is -2.36. The summed E-state index contributed by atoms with van der Waals surface area (Å²) in [5.74, 6) is 0.705. The van der Waals surface area contributed by atoms with Crippen molar-refractivity contribution in [3.05, 3.63) is 46.5 Å². The summed E-state index contributed by atoms with van der Waals surface area (Å²) in [6.45, 7) is 4.88. The molecule has 0 radical (unpaired) electrons. The van der Waals surface area contributed by atoms with Crippen LogP contribution in [0.25, 0.3) is 0 Å². The van der Waals surface area contributed by atoms with Gasteiger partial charge in [0.05, 0.1) is 0 Å². The number of benzene rings is 1. The average Bonchev–Trinajstić information content (AvgIpc) is 2.31. The molecule has 0 amide bonds.